The standard InChI is InChI=1S/C38H42FN3O6S/c1-27-13-15-29(16-14-27)25-41(34(23-28-9-5-4-6-10-28)38(44)40-31-11-7-8-12-31)37(43)26-42(32-19-17-30(39)18-20-32)49(45,46)33-21-22-35(47-2)36(24-33)48-3/h4-6,9-10,13-22,24,31,34H,7-8,11-12,23,25-26H2,1-3H3,(H,40,44)/t34-/m1/s1. The molecule has 0 unspecified atom stereocenters. The summed E-state index contributed by atoms with van der Waals surface area (Å²) in [6, 6.07) is 25.1. The van der Waals surface area contributed by atoms with Gasteiger partial charge in [0.2, 0.25) is 11.8 Å². The molecular formula is C38H42FN3O6S. The highest BCUT2D eigenvalue weighted by Gasteiger charge is 2.36. The summed E-state index contributed by atoms with van der Waals surface area (Å²) < 4.78 is 54.4. The maximum Gasteiger partial charge on any atom is 0.264 e. The van der Waals surface area contributed by atoms with Gasteiger partial charge in [0.25, 0.3) is 10.0 Å². The molecule has 4 aromatic rings. The molecule has 1 N–H and O–H groups in total. The van der Waals surface area contributed by atoms with Crippen LogP contribution in [0, 0.1) is 12.7 Å². The molecule has 0 bridgehead atoms. The Labute approximate surface area is 287 Å². The maximum atomic E-state index is 14.7. The Kier molecular flexibility index (Phi) is 11.6. The Hall–Kier alpha value is -4.90. The normalized spacial score (nSPS) is 13.8. The number of halogens is 1. The zero-order valence-corrected chi connectivity index (χ0v) is 28.8. The third kappa shape index (κ3) is 8.77. The van der Waals surface area contributed by atoms with E-state index in [0.29, 0.717) is 5.75 Å². The third-order valence-electron chi connectivity index (χ3n) is 8.78. The van der Waals surface area contributed by atoms with E-state index in [2.05, 4.69) is 5.32 Å². The van der Waals surface area contributed by atoms with Crippen LogP contribution in [0.15, 0.2) is 102 Å². The van der Waals surface area contributed by atoms with Gasteiger partial charge in [0.15, 0.2) is 11.5 Å². The average Bonchev–Trinajstić information content (AvgIpc) is 3.63. The van der Waals surface area contributed by atoms with Gasteiger partial charge in [0.05, 0.1) is 24.8 Å². The third-order valence-corrected chi connectivity index (χ3v) is 10.6. The topological polar surface area (TPSA) is 105 Å². The minimum atomic E-state index is -4.43. The van der Waals surface area contributed by atoms with E-state index in [9.17, 15) is 22.4 Å². The van der Waals surface area contributed by atoms with Crippen molar-refractivity contribution in [2.45, 2.75) is 62.6 Å². The van der Waals surface area contributed by atoms with Crippen molar-refractivity contribution in [1.82, 2.24) is 10.2 Å². The molecule has 1 aliphatic carbocycles. The summed E-state index contributed by atoms with van der Waals surface area (Å²) >= 11 is 0. The summed E-state index contributed by atoms with van der Waals surface area (Å²) in [6.45, 7) is 1.36. The number of anilines is 1. The van der Waals surface area contributed by atoms with Crippen LogP contribution < -0.4 is 19.1 Å². The molecule has 2 amide bonds. The Morgan fingerprint density at radius 1 is 0.857 bits per heavy atom. The summed E-state index contributed by atoms with van der Waals surface area (Å²) in [6.07, 6.45) is 3.97. The van der Waals surface area contributed by atoms with Gasteiger partial charge in [0, 0.05) is 25.1 Å². The number of hydrogen-bond donors (Lipinski definition) is 1. The molecule has 11 heteroatoms. The van der Waals surface area contributed by atoms with E-state index in [-0.39, 0.29) is 41.2 Å². The number of methoxy groups -OCH3 is 2. The van der Waals surface area contributed by atoms with Crippen LogP contribution in [0.1, 0.15) is 42.4 Å². The van der Waals surface area contributed by atoms with E-state index < -0.39 is 34.3 Å². The summed E-state index contributed by atoms with van der Waals surface area (Å²) in [5, 5.41) is 3.17. The maximum absolute atomic E-state index is 14.7. The van der Waals surface area contributed by atoms with E-state index in [1.54, 1.807) is 0 Å². The van der Waals surface area contributed by atoms with E-state index in [0.717, 1.165) is 58.8 Å². The molecule has 0 heterocycles. The minimum absolute atomic E-state index is 0.00300. The van der Waals surface area contributed by atoms with Gasteiger partial charge in [-0.05, 0) is 67.3 Å². The molecule has 5 rings (SSSR count). The lowest BCUT2D eigenvalue weighted by molar-refractivity contribution is -0.140. The number of ether oxygens (including phenoxy) is 2. The highest BCUT2D eigenvalue weighted by molar-refractivity contribution is 7.92. The zero-order valence-electron chi connectivity index (χ0n) is 28.0. The van der Waals surface area contributed by atoms with Crippen molar-refractivity contribution >= 4 is 27.5 Å². The smallest absolute Gasteiger partial charge is 0.264 e. The molecule has 9 nitrogen and oxygen atoms in total. The van der Waals surface area contributed by atoms with E-state index >= 15 is 0 Å². The first kappa shape index (κ1) is 35.4. The quantitative estimate of drug-likeness (QED) is 0.173. The molecular weight excluding hydrogens is 645 g/mol. The lowest BCUT2D eigenvalue weighted by atomic mass is 10.0. The molecule has 1 fully saturated rings. The van der Waals surface area contributed by atoms with Gasteiger partial charge in [-0.25, -0.2) is 12.8 Å². The molecule has 0 saturated heterocycles. The van der Waals surface area contributed by atoms with Crippen molar-refractivity contribution in [3.8, 4) is 11.5 Å². The molecule has 0 aromatic heterocycles. The monoisotopic (exact) mass is 687 g/mol. The fourth-order valence-electron chi connectivity index (χ4n) is 6.05. The Morgan fingerprint density at radius 3 is 2.14 bits per heavy atom. The number of carbonyl (C=O) groups excluding carboxylic acids is 2. The van der Waals surface area contributed by atoms with Crippen LogP contribution in [0.5, 0.6) is 11.5 Å². The molecule has 0 radical (unpaired) electrons. The second-order valence-corrected chi connectivity index (χ2v) is 14.1. The van der Waals surface area contributed by atoms with Crippen LogP contribution in [-0.2, 0) is 32.6 Å². The molecule has 0 spiro atoms. The van der Waals surface area contributed by atoms with Crippen LogP contribution in [0.2, 0.25) is 0 Å². The number of amides is 2. The Bertz CT molecular complexity index is 1830. The van der Waals surface area contributed by atoms with Crippen LogP contribution in [0.25, 0.3) is 0 Å². The summed E-state index contributed by atoms with van der Waals surface area (Å²) in [7, 11) is -1.60. The number of hydrogen-bond acceptors (Lipinski definition) is 6. The van der Waals surface area contributed by atoms with E-state index in [1.165, 1.54) is 49.5 Å². The molecule has 1 saturated carbocycles. The van der Waals surface area contributed by atoms with Gasteiger partial charge in [0.1, 0.15) is 18.4 Å². The van der Waals surface area contributed by atoms with Crippen LogP contribution in [-0.4, -0.2) is 58.0 Å². The van der Waals surface area contributed by atoms with Crippen molar-refractivity contribution in [2.24, 2.45) is 0 Å². The predicted octanol–water partition coefficient (Wildman–Crippen LogP) is 6.05. The second-order valence-electron chi connectivity index (χ2n) is 12.2. The van der Waals surface area contributed by atoms with E-state index in [4.69, 9.17) is 9.47 Å². The molecule has 49 heavy (non-hydrogen) atoms. The SMILES string of the molecule is COc1ccc(S(=O)(=O)N(CC(=O)N(Cc2ccc(C)cc2)[C@H](Cc2ccccc2)C(=O)NC2CCCC2)c2ccc(F)cc2)cc1OC. The average molecular weight is 688 g/mol. The van der Waals surface area contributed by atoms with Gasteiger partial charge >= 0.3 is 0 Å². The summed E-state index contributed by atoms with van der Waals surface area (Å²) in [4.78, 5) is 30.1. The number of nitrogens with one attached hydrogen (secondary N) is 1. The van der Waals surface area contributed by atoms with Gasteiger partial charge in [-0.3, -0.25) is 13.9 Å². The largest absolute Gasteiger partial charge is 0.493 e. The minimum Gasteiger partial charge on any atom is -0.493 e. The highest BCUT2D eigenvalue weighted by Crippen LogP contribution is 2.32. The molecule has 1 atom stereocenters. The number of aryl methyl sites for hydroxylation is 1. The number of rotatable bonds is 14. The van der Waals surface area contributed by atoms with Crippen molar-refractivity contribution in [2.75, 3.05) is 25.1 Å². The first-order valence-electron chi connectivity index (χ1n) is 16.3. The van der Waals surface area contributed by atoms with Gasteiger partial charge < -0.3 is 19.7 Å². The first-order valence-corrected chi connectivity index (χ1v) is 17.7. The van der Waals surface area contributed by atoms with Crippen LogP contribution >= 0.6 is 0 Å². The van der Waals surface area contributed by atoms with Gasteiger partial charge in [-0.1, -0.05) is 73.0 Å². The fraction of sp³-hybridized carbons (Fsp3) is 0.316. The lowest BCUT2D eigenvalue weighted by Crippen LogP contribution is -2.54. The highest BCUT2D eigenvalue weighted by atomic mass is 32.2. The molecule has 258 valence electrons. The summed E-state index contributed by atoms with van der Waals surface area (Å²) in [5.41, 5.74) is 2.74. The number of nitrogens with zero attached hydrogens (tertiary/aromatic N) is 2. The number of carbonyl (C=O) groups is 2. The predicted molar refractivity (Wildman–Crippen MR) is 187 cm³/mol. The second kappa shape index (κ2) is 16.0. The van der Waals surface area contributed by atoms with Gasteiger partial charge in [-0.2, -0.15) is 0 Å². The van der Waals surface area contributed by atoms with Crippen molar-refractivity contribution in [1.29, 1.82) is 0 Å². The molecule has 0 aliphatic heterocycles. The van der Waals surface area contributed by atoms with Crippen LogP contribution in [0.4, 0.5) is 10.1 Å². The molecule has 1 aliphatic rings. The van der Waals surface area contributed by atoms with Crippen molar-refractivity contribution in [3.63, 3.8) is 0 Å². The molecule has 4 aromatic carbocycles. The van der Waals surface area contributed by atoms with Crippen LogP contribution in [0.3, 0.4) is 0 Å². The Morgan fingerprint density at radius 2 is 1.51 bits per heavy atom. The number of benzene rings is 4. The van der Waals surface area contributed by atoms with Crippen molar-refractivity contribution < 1.29 is 31.9 Å². The Balaban J connectivity index is 1.57. The fourth-order valence-corrected chi connectivity index (χ4v) is 7.48. The van der Waals surface area contributed by atoms with E-state index in [1.807, 2.05) is 61.5 Å². The zero-order chi connectivity index (χ0) is 35.0. The summed E-state index contributed by atoms with van der Waals surface area (Å²) in [5.74, 6) is -0.955. The lowest BCUT2D eigenvalue weighted by Gasteiger charge is -2.34. The number of sulfonamides is 1. The first-order chi connectivity index (χ1) is 23.6. The van der Waals surface area contributed by atoms with Crippen molar-refractivity contribution in [3.05, 3.63) is 120 Å². The van der Waals surface area contributed by atoms with Gasteiger partial charge in [-0.15, -0.1) is 0 Å².